The number of allylic oxidation sites excluding steroid dienone is 16. The second-order valence-electron chi connectivity index (χ2n) is 16.1. The Balaban J connectivity index is 2.55. The molecule has 0 aromatic heterocycles. The topological polar surface area (TPSA) is 230 Å². The summed E-state index contributed by atoms with van der Waals surface area (Å²) in [5, 5.41) is 60.3. The molecule has 9 atom stereocenters. The van der Waals surface area contributed by atoms with Gasteiger partial charge < -0.3 is 45.0 Å². The van der Waals surface area contributed by atoms with Crippen LogP contribution in [-0.4, -0.2) is 110 Å². The van der Waals surface area contributed by atoms with Gasteiger partial charge in [0.1, 0.15) is 43.2 Å². The summed E-state index contributed by atoms with van der Waals surface area (Å²) in [4.78, 5) is 35.7. The molecular weight excluding hydrogens is 868 g/mol. The number of hydrogen-bond acceptors (Lipinski definition) is 13. The highest BCUT2D eigenvalue weighted by molar-refractivity contribution is 7.47. The van der Waals surface area contributed by atoms with Crippen LogP contribution in [0.4, 0.5) is 0 Å². The lowest BCUT2D eigenvalue weighted by molar-refractivity contribution is -0.220. The Bertz CT molecular complexity index is 1580. The van der Waals surface area contributed by atoms with Gasteiger partial charge in [-0.15, -0.1) is 0 Å². The van der Waals surface area contributed by atoms with Crippen LogP contribution in [0, 0.1) is 0 Å². The van der Waals surface area contributed by atoms with Crippen molar-refractivity contribution in [2.24, 2.45) is 0 Å². The van der Waals surface area contributed by atoms with E-state index in [0.717, 1.165) is 64.2 Å². The first kappa shape index (κ1) is 60.5. The lowest BCUT2D eigenvalue weighted by Gasteiger charge is -2.41. The van der Waals surface area contributed by atoms with Crippen molar-refractivity contribution in [1.29, 1.82) is 0 Å². The third-order valence-corrected chi connectivity index (χ3v) is 11.2. The van der Waals surface area contributed by atoms with E-state index < -0.39 is 81.8 Å². The third kappa shape index (κ3) is 31.4. The van der Waals surface area contributed by atoms with Crippen molar-refractivity contribution in [3.8, 4) is 0 Å². The van der Waals surface area contributed by atoms with Gasteiger partial charge in [-0.1, -0.05) is 142 Å². The number of aliphatic hydroxyl groups excluding tert-OH is 6. The van der Waals surface area contributed by atoms with Gasteiger partial charge in [0.25, 0.3) is 0 Å². The maximum absolute atomic E-state index is 12.8. The first-order valence-corrected chi connectivity index (χ1v) is 25.3. The van der Waals surface area contributed by atoms with Gasteiger partial charge in [-0.25, -0.2) is 4.57 Å². The van der Waals surface area contributed by atoms with Crippen LogP contribution in [0.25, 0.3) is 0 Å². The Labute approximate surface area is 394 Å². The van der Waals surface area contributed by atoms with E-state index in [1.165, 1.54) is 12.8 Å². The molecule has 0 amide bonds. The Morgan fingerprint density at radius 3 is 1.65 bits per heavy atom. The Kier molecular flexibility index (Phi) is 36.2. The Morgan fingerprint density at radius 2 is 1.06 bits per heavy atom. The highest BCUT2D eigenvalue weighted by Crippen LogP contribution is 2.47. The zero-order chi connectivity index (χ0) is 48.7. The van der Waals surface area contributed by atoms with Crippen LogP contribution < -0.4 is 0 Å². The van der Waals surface area contributed by atoms with Crippen molar-refractivity contribution in [2.45, 2.75) is 185 Å². The maximum atomic E-state index is 12.8. The summed E-state index contributed by atoms with van der Waals surface area (Å²) in [6.07, 6.45) is 37.3. The molecule has 0 radical (unpaired) electrons. The fourth-order valence-electron chi connectivity index (χ4n) is 6.33. The van der Waals surface area contributed by atoms with Gasteiger partial charge in [0, 0.05) is 12.8 Å². The van der Waals surface area contributed by atoms with Crippen molar-refractivity contribution in [2.75, 3.05) is 13.2 Å². The molecule has 14 nitrogen and oxygen atoms in total. The van der Waals surface area contributed by atoms with E-state index in [4.69, 9.17) is 18.5 Å². The van der Waals surface area contributed by atoms with E-state index in [0.29, 0.717) is 32.1 Å². The summed E-state index contributed by atoms with van der Waals surface area (Å²) >= 11 is 0. The van der Waals surface area contributed by atoms with Crippen LogP contribution in [0.1, 0.15) is 136 Å². The van der Waals surface area contributed by atoms with Crippen LogP contribution in [0.5, 0.6) is 0 Å². The van der Waals surface area contributed by atoms with Crippen LogP contribution in [0.2, 0.25) is 0 Å². The number of unbranched alkanes of at least 4 members (excludes halogenated alkanes) is 7. The van der Waals surface area contributed by atoms with Crippen LogP contribution in [-0.2, 0) is 32.7 Å². The number of esters is 2. The minimum Gasteiger partial charge on any atom is -0.462 e. The van der Waals surface area contributed by atoms with Gasteiger partial charge in [-0.2, -0.15) is 0 Å². The molecule has 1 rings (SSSR count). The van der Waals surface area contributed by atoms with Crippen LogP contribution >= 0.6 is 7.82 Å². The summed E-state index contributed by atoms with van der Waals surface area (Å²) in [5.74, 6) is -1.26. The number of carbonyl (C=O) groups is 2. The molecule has 1 fully saturated rings. The standard InChI is InChI=1S/C51H81O14P/c1-3-5-7-9-11-12-13-14-15-16-17-18-19-20-21-22-26-30-34-38-44(53)62-40-43(41-63-66(60,61)65-51-49(58)47(56)46(55)48(57)50(51)59)64-45(54)39-35-31-27-23-25-29-33-37-42(52)36-32-28-24-10-8-6-4-2/h5,7,11-12,14-15,17-18,20-21,23-24,27-29,32-33,36,42-43,46-52,55-59H,3-4,6,8-10,13,16,19,22,25-26,30-31,34-35,37-41H2,1-2H3,(H,60,61)/b7-5-,12-11-,15-14-,18-17-,21-20-,27-23+,28-24-,33-29-,36-32-/t42-,43+,46?,47-,48+,49+,50+,51?/m0/s1. The monoisotopic (exact) mass is 949 g/mol. The minimum absolute atomic E-state index is 0.0278. The second-order valence-corrected chi connectivity index (χ2v) is 17.5. The number of phosphoric ester groups is 1. The summed E-state index contributed by atoms with van der Waals surface area (Å²) in [7, 11) is -5.17. The maximum Gasteiger partial charge on any atom is 0.472 e. The SMILES string of the molecule is CC/C=C\C/C=C\C/C=C\C/C=C\C/C=C\CCCCCC(=O)OC[C@H](COP(=O)(O)OC1[C@H](O)[C@H](O)C(O)[C@H](O)[C@H]1O)OC(=O)CCC/C=C/C/C=C\C[C@@H](O)/C=C\C=C/CCCCC. The normalized spacial score (nSPS) is 22.7. The zero-order valence-corrected chi connectivity index (χ0v) is 40.2. The van der Waals surface area contributed by atoms with Crippen molar-refractivity contribution in [1.82, 2.24) is 0 Å². The fourth-order valence-corrected chi connectivity index (χ4v) is 7.30. The molecule has 7 N–H and O–H groups in total. The number of rotatable bonds is 37. The molecular formula is C51H81O14P. The van der Waals surface area contributed by atoms with Gasteiger partial charge in [0.2, 0.25) is 0 Å². The quantitative estimate of drug-likeness (QED) is 0.0102. The molecule has 0 aromatic rings. The zero-order valence-electron chi connectivity index (χ0n) is 39.3. The third-order valence-electron chi connectivity index (χ3n) is 10.2. The van der Waals surface area contributed by atoms with E-state index in [2.05, 4.69) is 80.7 Å². The van der Waals surface area contributed by atoms with Crippen LogP contribution in [0.15, 0.2) is 109 Å². The Hall–Kier alpha value is -3.53. The highest BCUT2D eigenvalue weighted by atomic mass is 31.2. The van der Waals surface area contributed by atoms with E-state index in [9.17, 15) is 49.7 Å². The lowest BCUT2D eigenvalue weighted by Crippen LogP contribution is -2.64. The van der Waals surface area contributed by atoms with Gasteiger partial charge in [-0.3, -0.25) is 18.6 Å². The molecule has 66 heavy (non-hydrogen) atoms. The molecule has 1 aliphatic carbocycles. The number of ether oxygens (including phenoxy) is 2. The summed E-state index contributed by atoms with van der Waals surface area (Å²) < 4.78 is 33.4. The number of hydrogen-bond donors (Lipinski definition) is 7. The number of carbonyl (C=O) groups excluding carboxylic acids is 2. The molecule has 0 saturated heterocycles. The van der Waals surface area contributed by atoms with Crippen molar-refractivity contribution in [3.63, 3.8) is 0 Å². The smallest absolute Gasteiger partial charge is 0.462 e. The van der Waals surface area contributed by atoms with Gasteiger partial charge in [0.05, 0.1) is 12.7 Å². The average Bonchev–Trinajstić information content (AvgIpc) is 3.29. The highest BCUT2D eigenvalue weighted by Gasteiger charge is 2.51. The summed E-state index contributed by atoms with van der Waals surface area (Å²) in [6, 6.07) is 0. The van der Waals surface area contributed by atoms with Crippen molar-refractivity contribution in [3.05, 3.63) is 109 Å². The molecule has 1 aliphatic rings. The first-order valence-electron chi connectivity index (χ1n) is 23.8. The molecule has 3 unspecified atom stereocenters. The van der Waals surface area contributed by atoms with E-state index in [1.807, 2.05) is 36.5 Å². The van der Waals surface area contributed by atoms with Gasteiger partial charge in [-0.05, 0) is 89.9 Å². The molecule has 0 aliphatic heterocycles. The van der Waals surface area contributed by atoms with E-state index in [-0.39, 0.29) is 12.8 Å². The van der Waals surface area contributed by atoms with E-state index in [1.54, 1.807) is 6.08 Å². The first-order chi connectivity index (χ1) is 31.8. The van der Waals surface area contributed by atoms with Gasteiger partial charge in [0.15, 0.2) is 6.10 Å². The van der Waals surface area contributed by atoms with Crippen LogP contribution in [0.3, 0.4) is 0 Å². The van der Waals surface area contributed by atoms with E-state index >= 15 is 0 Å². The number of phosphoric acid groups is 1. The molecule has 0 bridgehead atoms. The molecule has 0 aromatic carbocycles. The summed E-state index contributed by atoms with van der Waals surface area (Å²) in [5.41, 5.74) is 0. The number of aliphatic hydroxyl groups is 6. The molecule has 374 valence electrons. The van der Waals surface area contributed by atoms with Crippen molar-refractivity contribution >= 4 is 19.8 Å². The Morgan fingerprint density at radius 1 is 0.561 bits per heavy atom. The summed E-state index contributed by atoms with van der Waals surface area (Å²) in [6.45, 7) is 2.99. The predicted octanol–water partition coefficient (Wildman–Crippen LogP) is 8.58. The van der Waals surface area contributed by atoms with Gasteiger partial charge >= 0.3 is 19.8 Å². The van der Waals surface area contributed by atoms with Crippen molar-refractivity contribution < 1.29 is 68.2 Å². The lowest BCUT2D eigenvalue weighted by atomic mass is 9.85. The minimum atomic E-state index is -5.17. The fraction of sp³-hybridized carbons (Fsp3) is 0.608. The largest absolute Gasteiger partial charge is 0.472 e. The molecule has 15 heteroatoms. The molecule has 0 heterocycles. The molecule has 1 saturated carbocycles. The average molecular weight is 949 g/mol. The predicted molar refractivity (Wildman–Crippen MR) is 259 cm³/mol. The molecule has 0 spiro atoms. The second kappa shape index (κ2) is 39.5.